The van der Waals surface area contributed by atoms with E-state index in [1.54, 1.807) is 7.05 Å². The van der Waals surface area contributed by atoms with Gasteiger partial charge in [0.2, 0.25) is 0 Å². The molecule has 0 aliphatic carbocycles. The summed E-state index contributed by atoms with van der Waals surface area (Å²) in [5, 5.41) is 21.7. The molecule has 20 heavy (non-hydrogen) atoms. The van der Waals surface area contributed by atoms with Crippen LogP contribution < -0.4 is 5.32 Å². The van der Waals surface area contributed by atoms with E-state index in [9.17, 15) is 10.5 Å². The Bertz CT molecular complexity index is 736. The first-order valence-corrected chi connectivity index (χ1v) is 6.33. The molecule has 4 nitrogen and oxygen atoms in total. The van der Waals surface area contributed by atoms with E-state index in [2.05, 4.69) is 22.4 Å². The molecule has 0 saturated carbocycles. The molecule has 2 rings (SSSR count). The van der Waals surface area contributed by atoms with E-state index in [4.69, 9.17) is 12.6 Å². The second kappa shape index (κ2) is 5.56. The molecule has 1 heterocycles. The van der Waals surface area contributed by atoms with Crippen LogP contribution in [-0.2, 0) is 12.6 Å². The number of anilines is 1. The predicted octanol–water partition coefficient (Wildman–Crippen LogP) is 2.75. The summed E-state index contributed by atoms with van der Waals surface area (Å²) < 4.78 is 0. The number of nitrogens with zero attached hydrogens (tertiary/aromatic N) is 3. The summed E-state index contributed by atoms with van der Waals surface area (Å²) in [7, 11) is 1.67. The topological polar surface area (TPSA) is 72.5 Å². The number of benzene rings is 1. The van der Waals surface area contributed by atoms with E-state index < -0.39 is 0 Å². The molecule has 0 unspecified atom stereocenters. The van der Waals surface area contributed by atoms with Gasteiger partial charge in [-0.25, -0.2) is 0 Å². The van der Waals surface area contributed by atoms with E-state index in [-0.39, 0.29) is 10.6 Å². The third-order valence-electron chi connectivity index (χ3n) is 2.96. The number of pyridine rings is 1. The maximum absolute atomic E-state index is 9.38. The minimum atomic E-state index is 0.200. The Labute approximate surface area is 123 Å². The van der Waals surface area contributed by atoms with Gasteiger partial charge in [-0.3, -0.25) is 4.98 Å². The molecule has 0 amide bonds. The Kier molecular flexibility index (Phi) is 3.84. The molecule has 1 aromatic heterocycles. The van der Waals surface area contributed by atoms with Crippen molar-refractivity contribution in [3.05, 3.63) is 41.0 Å². The molecule has 0 fully saturated rings. The molecule has 0 saturated heterocycles. The Morgan fingerprint density at radius 3 is 2.20 bits per heavy atom. The maximum atomic E-state index is 9.38. The lowest BCUT2D eigenvalue weighted by molar-refractivity contribution is 1.10. The van der Waals surface area contributed by atoms with Crippen molar-refractivity contribution >= 4 is 18.4 Å². The Morgan fingerprint density at radius 1 is 1.10 bits per heavy atom. The van der Waals surface area contributed by atoms with Crippen molar-refractivity contribution in [3.8, 4) is 23.3 Å². The van der Waals surface area contributed by atoms with Crippen LogP contribution in [0.3, 0.4) is 0 Å². The Morgan fingerprint density at radius 2 is 1.70 bits per heavy atom. The summed E-state index contributed by atoms with van der Waals surface area (Å²) in [5.41, 5.74) is 3.03. The van der Waals surface area contributed by atoms with Crippen LogP contribution in [0.1, 0.15) is 16.7 Å². The summed E-state index contributed by atoms with van der Waals surface area (Å²) in [4.78, 5) is 4.10. The van der Waals surface area contributed by atoms with Crippen LogP contribution in [-0.4, -0.2) is 12.0 Å². The molecule has 98 valence electrons. The van der Waals surface area contributed by atoms with Crippen LogP contribution in [0.4, 0.5) is 5.82 Å². The highest BCUT2D eigenvalue weighted by Crippen LogP contribution is 2.32. The average Bonchev–Trinajstić information content (AvgIpc) is 2.46. The standard InChI is InChI=1S/C15H12N4S/c1-9-3-5-10(6-4-9)13-11(7-16)14(18-2)19-15(20)12(13)8-17/h3-6H,1-2H3,(H2,18,19,20)/p-1. The Hall–Kier alpha value is -2.63. The van der Waals surface area contributed by atoms with Gasteiger partial charge in [-0.2, -0.15) is 10.5 Å². The minimum Gasteiger partial charge on any atom is -0.759 e. The second-order valence-corrected chi connectivity index (χ2v) is 4.62. The van der Waals surface area contributed by atoms with E-state index in [0.717, 1.165) is 11.1 Å². The lowest BCUT2D eigenvalue weighted by Crippen LogP contribution is -2.03. The van der Waals surface area contributed by atoms with Crippen molar-refractivity contribution in [2.24, 2.45) is 0 Å². The first-order valence-electron chi connectivity index (χ1n) is 5.92. The molecule has 0 atom stereocenters. The van der Waals surface area contributed by atoms with E-state index in [1.165, 1.54) is 0 Å². The summed E-state index contributed by atoms with van der Waals surface area (Å²) >= 11 is 5.14. The summed E-state index contributed by atoms with van der Waals surface area (Å²) in [5.74, 6) is 0.395. The SMILES string of the molecule is CNc1nc([S-])c(C#N)c(-c2ccc(C)cc2)c1C#N. The monoisotopic (exact) mass is 279 g/mol. The van der Waals surface area contributed by atoms with Gasteiger partial charge in [-0.05, 0) is 12.5 Å². The van der Waals surface area contributed by atoms with Gasteiger partial charge in [0.15, 0.2) is 0 Å². The zero-order chi connectivity index (χ0) is 14.7. The zero-order valence-electron chi connectivity index (χ0n) is 11.1. The smallest absolute Gasteiger partial charge is 0.142 e. The van der Waals surface area contributed by atoms with Crippen LogP contribution in [0.2, 0.25) is 0 Å². The second-order valence-electron chi connectivity index (χ2n) is 4.23. The van der Waals surface area contributed by atoms with Crippen molar-refractivity contribution in [3.63, 3.8) is 0 Å². The fraction of sp³-hybridized carbons (Fsp3) is 0.133. The van der Waals surface area contributed by atoms with E-state index >= 15 is 0 Å². The summed E-state index contributed by atoms with van der Waals surface area (Å²) in [6.07, 6.45) is 0. The van der Waals surface area contributed by atoms with E-state index in [0.29, 0.717) is 16.9 Å². The number of aryl methyl sites for hydroxylation is 1. The van der Waals surface area contributed by atoms with Crippen LogP contribution in [0.15, 0.2) is 29.3 Å². The normalized spacial score (nSPS) is 9.60. The van der Waals surface area contributed by atoms with Gasteiger partial charge in [0.25, 0.3) is 0 Å². The minimum absolute atomic E-state index is 0.200. The number of hydrogen-bond donors (Lipinski definition) is 1. The largest absolute Gasteiger partial charge is 0.759 e. The molecule has 0 aliphatic rings. The molecule has 0 radical (unpaired) electrons. The molecule has 0 spiro atoms. The molecular formula is C15H11N4S-. The Balaban J connectivity index is 2.85. The fourth-order valence-electron chi connectivity index (χ4n) is 1.97. The quantitative estimate of drug-likeness (QED) is 0.856. The molecular weight excluding hydrogens is 268 g/mol. The first kappa shape index (κ1) is 13.8. The van der Waals surface area contributed by atoms with E-state index in [1.807, 2.05) is 31.2 Å². The number of nitriles is 2. The van der Waals surface area contributed by atoms with Crippen LogP contribution in [0.5, 0.6) is 0 Å². The maximum Gasteiger partial charge on any atom is 0.142 e. The van der Waals surface area contributed by atoms with Crippen molar-refractivity contribution in [1.29, 1.82) is 10.5 Å². The third kappa shape index (κ3) is 2.27. The van der Waals surface area contributed by atoms with Gasteiger partial charge in [0.05, 0.1) is 11.6 Å². The zero-order valence-corrected chi connectivity index (χ0v) is 11.9. The molecule has 0 bridgehead atoms. The number of rotatable bonds is 2. The van der Waals surface area contributed by atoms with Crippen LogP contribution in [0, 0.1) is 29.6 Å². The molecule has 1 aromatic carbocycles. The molecule has 0 aliphatic heterocycles. The van der Waals surface area contributed by atoms with Crippen molar-refractivity contribution in [2.75, 3.05) is 12.4 Å². The molecule has 2 aromatic rings. The predicted molar refractivity (Wildman–Crippen MR) is 79.0 cm³/mol. The van der Waals surface area contributed by atoms with Gasteiger partial charge in [0, 0.05) is 12.6 Å². The van der Waals surface area contributed by atoms with Gasteiger partial charge in [0.1, 0.15) is 17.5 Å². The van der Waals surface area contributed by atoms with Crippen LogP contribution >= 0.6 is 0 Å². The third-order valence-corrected chi connectivity index (χ3v) is 3.26. The summed E-state index contributed by atoms with van der Waals surface area (Å²) in [6.45, 7) is 1.98. The van der Waals surface area contributed by atoms with Crippen molar-refractivity contribution in [1.82, 2.24) is 4.98 Å². The lowest BCUT2D eigenvalue weighted by Gasteiger charge is -2.17. The summed E-state index contributed by atoms with van der Waals surface area (Å²) in [6, 6.07) is 11.8. The highest BCUT2D eigenvalue weighted by atomic mass is 32.1. The number of aromatic nitrogens is 1. The van der Waals surface area contributed by atoms with Gasteiger partial charge in [-0.15, -0.1) is 0 Å². The van der Waals surface area contributed by atoms with Gasteiger partial charge < -0.3 is 17.9 Å². The highest BCUT2D eigenvalue weighted by Gasteiger charge is 2.16. The van der Waals surface area contributed by atoms with Crippen molar-refractivity contribution < 1.29 is 0 Å². The fourth-order valence-corrected chi connectivity index (χ4v) is 2.21. The number of hydrogen-bond acceptors (Lipinski definition) is 5. The highest BCUT2D eigenvalue weighted by molar-refractivity contribution is 7.58. The van der Waals surface area contributed by atoms with Crippen molar-refractivity contribution in [2.45, 2.75) is 11.9 Å². The van der Waals surface area contributed by atoms with Gasteiger partial charge >= 0.3 is 0 Å². The average molecular weight is 279 g/mol. The molecule has 1 N–H and O–H groups in total. The first-order chi connectivity index (χ1) is 9.62. The number of nitrogens with one attached hydrogen (secondary N) is 1. The van der Waals surface area contributed by atoms with Gasteiger partial charge in [-0.1, -0.05) is 34.9 Å². The molecule has 5 heteroatoms. The lowest BCUT2D eigenvalue weighted by atomic mass is 9.96. The van der Waals surface area contributed by atoms with Crippen LogP contribution in [0.25, 0.3) is 11.1 Å².